The minimum atomic E-state index is -0.446. The van der Waals surface area contributed by atoms with Crippen molar-refractivity contribution in [2.75, 3.05) is 57.9 Å². The molecule has 2 aliphatic heterocycles. The predicted octanol–water partition coefficient (Wildman–Crippen LogP) is 7.69. The standard InChI is InChI=1S/C24H33FN4O.C7H17N.C4H10O/c1-5-19(4)14-28-10-8-24(9-11-28)16-29(17-24)23-22(13-26-18-27-23)30-15-20(6-2)12-21(25)7-3;1-6(2)8(5)7(3)4;1-3-5-4-2/h6-7,12-13,15,18-19H,2-3,5,8-11,14,16-17H2,1,4H3;6-7H,1-5H3;3-4H2,1-2H3/b20-15+,21-12+;;. The maximum atomic E-state index is 13.4. The van der Waals surface area contributed by atoms with Gasteiger partial charge in [-0.25, -0.2) is 14.4 Å². The topological polar surface area (TPSA) is 54.0 Å². The number of anilines is 1. The molecule has 1 spiro atoms. The highest BCUT2D eigenvalue weighted by Gasteiger charge is 2.46. The third-order valence-electron chi connectivity index (χ3n) is 8.29. The first-order valence-electron chi connectivity index (χ1n) is 16.0. The minimum Gasteiger partial charge on any atom is -0.459 e. The fourth-order valence-corrected chi connectivity index (χ4v) is 4.93. The molecule has 1 unspecified atom stereocenters. The van der Waals surface area contributed by atoms with Crippen LogP contribution in [0.1, 0.15) is 74.7 Å². The number of hydrogen-bond donors (Lipinski definition) is 0. The molecule has 0 aliphatic carbocycles. The third-order valence-corrected chi connectivity index (χ3v) is 8.29. The average molecular weight is 602 g/mol. The lowest BCUT2D eigenvalue weighted by atomic mass is 9.72. The van der Waals surface area contributed by atoms with Gasteiger partial charge in [0.15, 0.2) is 11.6 Å². The van der Waals surface area contributed by atoms with E-state index in [4.69, 9.17) is 9.47 Å². The quantitative estimate of drug-likeness (QED) is 0.170. The van der Waals surface area contributed by atoms with E-state index in [1.165, 1.54) is 63.6 Å². The maximum Gasteiger partial charge on any atom is 0.187 e. The Labute approximate surface area is 262 Å². The summed E-state index contributed by atoms with van der Waals surface area (Å²) in [7, 11) is 2.15. The molecule has 2 fully saturated rings. The van der Waals surface area contributed by atoms with Crippen molar-refractivity contribution < 1.29 is 13.9 Å². The van der Waals surface area contributed by atoms with E-state index >= 15 is 0 Å². The Kier molecular flexibility index (Phi) is 18.3. The van der Waals surface area contributed by atoms with Gasteiger partial charge in [0.25, 0.3) is 0 Å². The summed E-state index contributed by atoms with van der Waals surface area (Å²) < 4.78 is 24.1. The van der Waals surface area contributed by atoms with Gasteiger partial charge in [-0.3, -0.25) is 0 Å². The zero-order valence-electron chi connectivity index (χ0n) is 28.6. The first-order chi connectivity index (χ1) is 20.4. The summed E-state index contributed by atoms with van der Waals surface area (Å²) in [6.45, 7) is 31.7. The Balaban J connectivity index is 0.000000595. The Hall–Kier alpha value is -2.55. The highest BCUT2D eigenvalue weighted by Crippen LogP contribution is 2.44. The van der Waals surface area contributed by atoms with Gasteiger partial charge in [0.2, 0.25) is 0 Å². The normalized spacial score (nSPS) is 17.6. The SMILES string of the molecule is C=C/C(F)=C\C(C=C)=C\Oc1cncnc1N1CC2(CCN(CC(C)CC)CC2)C1.CC(C)N(C)C(C)C.CCOCC. The number of piperidine rings is 1. The molecule has 1 aromatic heterocycles. The molecule has 2 saturated heterocycles. The molecule has 43 heavy (non-hydrogen) atoms. The highest BCUT2D eigenvalue weighted by molar-refractivity contribution is 5.54. The van der Waals surface area contributed by atoms with E-state index < -0.39 is 5.83 Å². The molecule has 0 amide bonds. The second kappa shape index (κ2) is 20.4. The van der Waals surface area contributed by atoms with Gasteiger partial charge in [-0.2, -0.15) is 0 Å². The molecule has 1 aromatic rings. The molecule has 8 heteroatoms. The van der Waals surface area contributed by atoms with Gasteiger partial charge in [-0.15, -0.1) is 0 Å². The van der Waals surface area contributed by atoms with Crippen LogP contribution in [0.15, 0.2) is 61.6 Å². The number of rotatable bonds is 13. The maximum absolute atomic E-state index is 13.4. The van der Waals surface area contributed by atoms with E-state index in [0.717, 1.165) is 44.1 Å². The highest BCUT2D eigenvalue weighted by atomic mass is 19.1. The van der Waals surface area contributed by atoms with Crippen molar-refractivity contribution >= 4 is 5.82 Å². The number of aromatic nitrogens is 2. The van der Waals surface area contributed by atoms with Crippen LogP contribution in [0.25, 0.3) is 0 Å². The number of allylic oxidation sites excluding steroid dienone is 5. The number of hydrogen-bond acceptors (Lipinski definition) is 7. The molecule has 0 bridgehead atoms. The lowest BCUT2D eigenvalue weighted by Crippen LogP contribution is -2.61. The molecule has 3 rings (SSSR count). The fraction of sp³-hybridized carbons (Fsp3) is 0.657. The first kappa shape index (κ1) is 38.5. The van der Waals surface area contributed by atoms with E-state index in [1.807, 2.05) is 13.8 Å². The van der Waals surface area contributed by atoms with E-state index in [2.05, 4.69) is 86.4 Å². The zero-order chi connectivity index (χ0) is 32.4. The summed E-state index contributed by atoms with van der Waals surface area (Å²) in [5, 5.41) is 0. The third kappa shape index (κ3) is 13.7. The van der Waals surface area contributed by atoms with Crippen molar-refractivity contribution in [1.82, 2.24) is 19.8 Å². The molecule has 0 aromatic carbocycles. The first-order valence-corrected chi connectivity index (χ1v) is 16.0. The van der Waals surface area contributed by atoms with Gasteiger partial charge in [-0.05, 0) is 92.6 Å². The lowest BCUT2D eigenvalue weighted by Gasteiger charge is -2.54. The van der Waals surface area contributed by atoms with Crippen LogP contribution >= 0.6 is 0 Å². The van der Waals surface area contributed by atoms with Crippen LogP contribution in [0, 0.1) is 11.3 Å². The Morgan fingerprint density at radius 1 is 1.05 bits per heavy atom. The molecular formula is C35H60FN5O2. The lowest BCUT2D eigenvalue weighted by molar-refractivity contribution is 0.0678. The van der Waals surface area contributed by atoms with Gasteiger partial charge in [0, 0.05) is 55.9 Å². The van der Waals surface area contributed by atoms with Crippen molar-refractivity contribution in [3.05, 3.63) is 61.6 Å². The van der Waals surface area contributed by atoms with Crippen molar-refractivity contribution in [2.45, 2.75) is 86.7 Å². The molecule has 3 heterocycles. The molecule has 0 radical (unpaired) electrons. The average Bonchev–Trinajstić information content (AvgIpc) is 2.99. The van der Waals surface area contributed by atoms with Crippen LogP contribution in [0.4, 0.5) is 10.2 Å². The van der Waals surface area contributed by atoms with Crippen molar-refractivity contribution in [1.29, 1.82) is 0 Å². The van der Waals surface area contributed by atoms with Gasteiger partial charge in [0.1, 0.15) is 12.2 Å². The zero-order valence-corrected chi connectivity index (χ0v) is 28.6. The minimum absolute atomic E-state index is 0.381. The van der Waals surface area contributed by atoms with Crippen molar-refractivity contribution in [3.8, 4) is 5.75 Å². The predicted molar refractivity (Wildman–Crippen MR) is 180 cm³/mol. The van der Waals surface area contributed by atoms with Crippen LogP contribution in [-0.4, -0.2) is 84.8 Å². The Bertz CT molecular complexity index is 984. The molecular weight excluding hydrogens is 541 g/mol. The smallest absolute Gasteiger partial charge is 0.187 e. The molecule has 1 atom stereocenters. The van der Waals surface area contributed by atoms with E-state index in [1.54, 1.807) is 6.20 Å². The summed E-state index contributed by atoms with van der Waals surface area (Å²) in [5.41, 5.74) is 0.891. The van der Waals surface area contributed by atoms with Gasteiger partial charge < -0.3 is 24.2 Å². The van der Waals surface area contributed by atoms with E-state index in [9.17, 15) is 4.39 Å². The Morgan fingerprint density at radius 3 is 2.09 bits per heavy atom. The second-order valence-electron chi connectivity index (χ2n) is 12.2. The molecule has 2 aliphatic rings. The van der Waals surface area contributed by atoms with Crippen LogP contribution < -0.4 is 9.64 Å². The number of halogens is 1. The summed E-state index contributed by atoms with van der Waals surface area (Å²) in [4.78, 5) is 15.7. The fourth-order valence-electron chi connectivity index (χ4n) is 4.93. The van der Waals surface area contributed by atoms with Crippen molar-refractivity contribution in [3.63, 3.8) is 0 Å². The van der Waals surface area contributed by atoms with Crippen LogP contribution in [0.5, 0.6) is 5.75 Å². The number of nitrogens with zero attached hydrogens (tertiary/aromatic N) is 5. The van der Waals surface area contributed by atoms with Crippen LogP contribution in [0.3, 0.4) is 0 Å². The summed E-state index contributed by atoms with van der Waals surface area (Å²) in [6.07, 6.45) is 12.3. The molecule has 0 saturated carbocycles. The monoisotopic (exact) mass is 601 g/mol. The number of ether oxygens (including phenoxy) is 2. The van der Waals surface area contributed by atoms with E-state index in [0.29, 0.717) is 28.8 Å². The molecule has 244 valence electrons. The van der Waals surface area contributed by atoms with Gasteiger partial charge in [0.05, 0.1) is 12.5 Å². The number of likely N-dealkylation sites (tertiary alicyclic amines) is 1. The van der Waals surface area contributed by atoms with Crippen molar-refractivity contribution in [2.24, 2.45) is 11.3 Å². The largest absolute Gasteiger partial charge is 0.459 e. The van der Waals surface area contributed by atoms with Crippen LogP contribution in [0.2, 0.25) is 0 Å². The van der Waals surface area contributed by atoms with E-state index in [-0.39, 0.29) is 0 Å². The van der Waals surface area contributed by atoms with Gasteiger partial charge in [-0.1, -0.05) is 39.5 Å². The van der Waals surface area contributed by atoms with Gasteiger partial charge >= 0.3 is 0 Å². The second-order valence-corrected chi connectivity index (χ2v) is 12.2. The summed E-state index contributed by atoms with van der Waals surface area (Å²) in [6, 6.07) is 1.35. The molecule has 7 nitrogen and oxygen atoms in total. The molecule has 0 N–H and O–H groups in total. The summed E-state index contributed by atoms with van der Waals surface area (Å²) >= 11 is 0. The van der Waals surface area contributed by atoms with Crippen LogP contribution in [-0.2, 0) is 4.74 Å². The Morgan fingerprint density at radius 2 is 1.65 bits per heavy atom. The summed E-state index contributed by atoms with van der Waals surface area (Å²) in [5.74, 6) is 1.67.